The van der Waals surface area contributed by atoms with E-state index in [0.717, 1.165) is 0 Å². The molecule has 1 rings (SSSR count). The number of nitriles is 1. The fraction of sp³-hybridized carbons (Fsp3) is 0.364. The van der Waals surface area contributed by atoms with Gasteiger partial charge in [0.2, 0.25) is 0 Å². The Morgan fingerprint density at radius 1 is 1.56 bits per heavy atom. The Morgan fingerprint density at radius 2 is 2.25 bits per heavy atom. The van der Waals surface area contributed by atoms with Gasteiger partial charge in [-0.1, -0.05) is 0 Å². The van der Waals surface area contributed by atoms with Crippen molar-refractivity contribution in [1.82, 2.24) is 0 Å². The van der Waals surface area contributed by atoms with Crippen molar-refractivity contribution < 1.29 is 9.84 Å². The van der Waals surface area contributed by atoms with Gasteiger partial charge in [0.05, 0.1) is 18.7 Å². The van der Waals surface area contributed by atoms with E-state index < -0.39 is 6.04 Å². The lowest BCUT2D eigenvalue weighted by Crippen LogP contribution is -2.16. The van der Waals surface area contributed by atoms with Gasteiger partial charge in [0, 0.05) is 11.6 Å². The third kappa shape index (κ3) is 2.24. The summed E-state index contributed by atoms with van der Waals surface area (Å²) >= 11 is 0. The molecule has 5 N–H and O–H groups in total. The molecule has 0 amide bonds. The van der Waals surface area contributed by atoms with E-state index in [0.29, 0.717) is 29.8 Å². The van der Waals surface area contributed by atoms with Crippen LogP contribution in [0.4, 0.5) is 0 Å². The number of hydrogen-bond donors (Lipinski definition) is 3. The second-order valence-corrected chi connectivity index (χ2v) is 3.37. The van der Waals surface area contributed by atoms with Crippen LogP contribution in [0.2, 0.25) is 0 Å². The first-order valence-electron chi connectivity index (χ1n) is 4.91. The van der Waals surface area contributed by atoms with Gasteiger partial charge in [0.1, 0.15) is 0 Å². The number of rotatable bonds is 4. The molecule has 0 aromatic heterocycles. The minimum atomic E-state index is -0.463. The van der Waals surface area contributed by atoms with E-state index in [2.05, 4.69) is 0 Å². The Bertz CT molecular complexity index is 412. The molecule has 0 aliphatic carbocycles. The monoisotopic (exact) mass is 221 g/mol. The summed E-state index contributed by atoms with van der Waals surface area (Å²) in [6.07, 6.45) is 0.495. The van der Waals surface area contributed by atoms with E-state index in [1.54, 1.807) is 6.07 Å². The zero-order valence-corrected chi connectivity index (χ0v) is 9.10. The summed E-state index contributed by atoms with van der Waals surface area (Å²) in [5.41, 5.74) is 12.0. The maximum Gasteiger partial charge on any atom is 0.163 e. The van der Waals surface area contributed by atoms with E-state index in [9.17, 15) is 5.11 Å². The molecular formula is C11H15N3O2. The highest BCUT2D eigenvalue weighted by molar-refractivity contribution is 5.55. The van der Waals surface area contributed by atoms with Gasteiger partial charge in [-0.25, -0.2) is 0 Å². The number of methoxy groups -OCH3 is 1. The van der Waals surface area contributed by atoms with Crippen LogP contribution in [0, 0.1) is 11.3 Å². The molecule has 0 saturated heterocycles. The van der Waals surface area contributed by atoms with Gasteiger partial charge in [-0.2, -0.15) is 5.26 Å². The van der Waals surface area contributed by atoms with E-state index in [-0.39, 0.29) is 5.75 Å². The quantitative estimate of drug-likeness (QED) is 0.691. The SMILES string of the molecule is COc1ccc(C#N)c([C@@H](N)CCN)c1O. The lowest BCUT2D eigenvalue weighted by Gasteiger charge is -2.16. The molecule has 0 unspecified atom stereocenters. The van der Waals surface area contributed by atoms with Gasteiger partial charge in [0.25, 0.3) is 0 Å². The van der Waals surface area contributed by atoms with Crippen LogP contribution in [-0.2, 0) is 0 Å². The number of phenolic OH excluding ortho intramolecular Hbond substituents is 1. The van der Waals surface area contributed by atoms with Gasteiger partial charge in [-0.05, 0) is 25.1 Å². The van der Waals surface area contributed by atoms with Gasteiger partial charge in [0.15, 0.2) is 11.5 Å². The highest BCUT2D eigenvalue weighted by Gasteiger charge is 2.18. The third-order valence-corrected chi connectivity index (χ3v) is 2.37. The van der Waals surface area contributed by atoms with E-state index in [1.807, 2.05) is 6.07 Å². The zero-order chi connectivity index (χ0) is 12.1. The summed E-state index contributed by atoms with van der Waals surface area (Å²) in [6.45, 7) is 0.392. The topological polar surface area (TPSA) is 105 Å². The number of benzene rings is 1. The molecule has 0 bridgehead atoms. The highest BCUT2D eigenvalue weighted by atomic mass is 16.5. The molecule has 0 saturated carbocycles. The first-order valence-corrected chi connectivity index (χ1v) is 4.91. The van der Waals surface area contributed by atoms with Crippen LogP contribution in [0.1, 0.15) is 23.6 Å². The first kappa shape index (κ1) is 12.3. The molecule has 1 aromatic carbocycles. The van der Waals surface area contributed by atoms with Crippen LogP contribution in [0.25, 0.3) is 0 Å². The van der Waals surface area contributed by atoms with Crippen molar-refractivity contribution in [3.05, 3.63) is 23.3 Å². The Labute approximate surface area is 94.2 Å². The standard InChI is InChI=1S/C11H15N3O2/c1-16-9-3-2-7(6-13)10(11(9)15)8(14)4-5-12/h2-3,8,15H,4-5,12,14H2,1H3/t8-/m0/s1. The Kier molecular flexibility index (Phi) is 4.11. The molecule has 0 radical (unpaired) electrons. The minimum Gasteiger partial charge on any atom is -0.504 e. The van der Waals surface area contributed by atoms with Crippen molar-refractivity contribution >= 4 is 0 Å². The Balaban J connectivity index is 3.27. The summed E-state index contributed by atoms with van der Waals surface area (Å²) in [5, 5.41) is 18.8. The molecule has 5 heteroatoms. The first-order chi connectivity index (χ1) is 7.65. The molecule has 0 spiro atoms. The molecular weight excluding hydrogens is 206 g/mol. The molecule has 5 nitrogen and oxygen atoms in total. The summed E-state index contributed by atoms with van der Waals surface area (Å²) in [7, 11) is 1.44. The summed E-state index contributed by atoms with van der Waals surface area (Å²) < 4.78 is 4.97. The van der Waals surface area contributed by atoms with E-state index >= 15 is 0 Å². The molecule has 0 fully saturated rings. The number of phenols is 1. The number of nitrogens with two attached hydrogens (primary N) is 2. The van der Waals surface area contributed by atoms with Gasteiger partial charge in [-0.3, -0.25) is 0 Å². The predicted molar refractivity (Wildman–Crippen MR) is 60.0 cm³/mol. The van der Waals surface area contributed by atoms with Crippen molar-refractivity contribution in [2.24, 2.45) is 11.5 Å². The lowest BCUT2D eigenvalue weighted by molar-refractivity contribution is 0.368. The number of ether oxygens (including phenoxy) is 1. The average Bonchev–Trinajstić information content (AvgIpc) is 2.28. The largest absolute Gasteiger partial charge is 0.504 e. The van der Waals surface area contributed by atoms with Crippen LogP contribution < -0.4 is 16.2 Å². The summed E-state index contributed by atoms with van der Waals surface area (Å²) in [6, 6.07) is 4.64. The fourth-order valence-electron chi connectivity index (χ4n) is 1.55. The summed E-state index contributed by atoms with van der Waals surface area (Å²) in [4.78, 5) is 0. The molecule has 0 aliphatic heterocycles. The lowest BCUT2D eigenvalue weighted by atomic mass is 9.97. The average molecular weight is 221 g/mol. The van der Waals surface area contributed by atoms with E-state index in [4.69, 9.17) is 21.5 Å². The van der Waals surface area contributed by atoms with Crippen LogP contribution in [0.3, 0.4) is 0 Å². The molecule has 86 valence electrons. The predicted octanol–water partition coefficient (Wildman–Crippen LogP) is 0.621. The van der Waals surface area contributed by atoms with Crippen molar-refractivity contribution in [1.29, 1.82) is 5.26 Å². The summed E-state index contributed by atoms with van der Waals surface area (Å²) in [5.74, 6) is 0.226. The van der Waals surface area contributed by atoms with Gasteiger partial charge in [-0.15, -0.1) is 0 Å². The maximum atomic E-state index is 9.90. The molecule has 1 aromatic rings. The number of aromatic hydroxyl groups is 1. The Morgan fingerprint density at radius 3 is 2.75 bits per heavy atom. The zero-order valence-electron chi connectivity index (χ0n) is 9.10. The van der Waals surface area contributed by atoms with Crippen LogP contribution in [0.5, 0.6) is 11.5 Å². The normalized spacial score (nSPS) is 11.9. The second-order valence-electron chi connectivity index (χ2n) is 3.37. The number of hydrogen-bond acceptors (Lipinski definition) is 5. The maximum absolute atomic E-state index is 9.90. The van der Waals surface area contributed by atoms with Crippen LogP contribution in [-0.4, -0.2) is 18.8 Å². The smallest absolute Gasteiger partial charge is 0.163 e. The van der Waals surface area contributed by atoms with Crippen LogP contribution >= 0.6 is 0 Å². The molecule has 1 atom stereocenters. The van der Waals surface area contributed by atoms with Crippen molar-refractivity contribution in [3.8, 4) is 17.6 Å². The fourth-order valence-corrected chi connectivity index (χ4v) is 1.55. The van der Waals surface area contributed by atoms with Crippen LogP contribution in [0.15, 0.2) is 12.1 Å². The highest BCUT2D eigenvalue weighted by Crippen LogP contribution is 2.36. The molecule has 0 heterocycles. The van der Waals surface area contributed by atoms with E-state index in [1.165, 1.54) is 13.2 Å². The van der Waals surface area contributed by atoms with Crippen molar-refractivity contribution in [2.45, 2.75) is 12.5 Å². The Hall–Kier alpha value is -1.77. The molecule has 0 aliphatic rings. The van der Waals surface area contributed by atoms with Gasteiger partial charge < -0.3 is 21.3 Å². The van der Waals surface area contributed by atoms with Crippen molar-refractivity contribution in [2.75, 3.05) is 13.7 Å². The minimum absolute atomic E-state index is 0.0810. The number of nitrogens with zero attached hydrogens (tertiary/aromatic N) is 1. The van der Waals surface area contributed by atoms with Crippen molar-refractivity contribution in [3.63, 3.8) is 0 Å². The molecule has 16 heavy (non-hydrogen) atoms. The third-order valence-electron chi connectivity index (χ3n) is 2.37. The second kappa shape index (κ2) is 5.35. The van der Waals surface area contributed by atoms with Gasteiger partial charge >= 0.3 is 0 Å².